The minimum Gasteiger partial charge on any atom is -0.485 e. The first kappa shape index (κ1) is 26.2. The van der Waals surface area contributed by atoms with Crippen LogP contribution in [-0.2, 0) is 20.8 Å². The van der Waals surface area contributed by atoms with Crippen LogP contribution in [0.2, 0.25) is 0 Å². The van der Waals surface area contributed by atoms with E-state index in [0.717, 1.165) is 42.3 Å². The fourth-order valence-electron chi connectivity index (χ4n) is 4.34. The number of allylic oxidation sites excluding steroid dienone is 1. The molecule has 10 nitrogen and oxygen atoms in total. The maximum absolute atomic E-state index is 13.0. The van der Waals surface area contributed by atoms with Crippen LogP contribution in [0.5, 0.6) is 0 Å². The number of aromatic nitrogens is 4. The van der Waals surface area contributed by atoms with E-state index in [1.54, 1.807) is 29.6 Å². The molecule has 202 valence electrons. The van der Waals surface area contributed by atoms with Crippen molar-refractivity contribution >= 4 is 11.7 Å². The van der Waals surface area contributed by atoms with Gasteiger partial charge in [-0.2, -0.15) is 4.98 Å². The molecule has 39 heavy (non-hydrogen) atoms. The first-order chi connectivity index (χ1) is 19.1. The Bertz CT molecular complexity index is 1350. The summed E-state index contributed by atoms with van der Waals surface area (Å²) in [5.74, 6) is 2.66. The molecule has 0 radical (unpaired) electrons. The third kappa shape index (κ3) is 7.32. The van der Waals surface area contributed by atoms with E-state index in [1.165, 1.54) is 5.56 Å². The van der Waals surface area contributed by atoms with E-state index in [1.807, 2.05) is 48.2 Å². The number of anilines is 1. The Balaban J connectivity index is 1.18. The molecule has 2 aliphatic rings. The summed E-state index contributed by atoms with van der Waals surface area (Å²) in [5, 5.41) is 6.52. The molecule has 0 saturated heterocycles. The summed E-state index contributed by atoms with van der Waals surface area (Å²) >= 11 is 0. The fraction of sp³-hybridized carbons (Fsp3) is 0.310. The van der Waals surface area contributed by atoms with Gasteiger partial charge in [-0.3, -0.25) is 9.36 Å². The van der Waals surface area contributed by atoms with Gasteiger partial charge >= 0.3 is 0 Å². The number of rotatable bonds is 13. The number of carbonyl (C=O) groups is 1. The van der Waals surface area contributed by atoms with Crippen LogP contribution in [0.3, 0.4) is 0 Å². The minimum absolute atomic E-state index is 0.0737. The maximum atomic E-state index is 13.0. The van der Waals surface area contributed by atoms with E-state index in [-0.39, 0.29) is 12.5 Å². The van der Waals surface area contributed by atoms with E-state index in [9.17, 15) is 4.79 Å². The number of carbonyl (C=O) groups excluding carboxylic acids is 1. The van der Waals surface area contributed by atoms with Gasteiger partial charge in [-0.15, -0.1) is 0 Å². The lowest BCUT2D eigenvalue weighted by Gasteiger charge is -2.24. The monoisotopic (exact) mass is 527 g/mol. The van der Waals surface area contributed by atoms with Crippen molar-refractivity contribution < 1.29 is 14.3 Å². The van der Waals surface area contributed by atoms with Gasteiger partial charge in [-0.05, 0) is 49.6 Å². The molecule has 1 aromatic carbocycles. The summed E-state index contributed by atoms with van der Waals surface area (Å²) in [4.78, 5) is 28.4. The summed E-state index contributed by atoms with van der Waals surface area (Å²) in [6.07, 6.45) is 12.2. The standard InChI is InChI=1S/C29H33N7O3/c1-22-16-27(34-29(33-22)36-14-12-31-21-36)35(13-5-10-30-18-23-6-3-2-4-7-23)19-28(37)32-11-8-24-17-26-25(39-20-24)9-15-38-26/h2-4,6-7,9,12,14,16-17,20-21,30H,5,8,10-11,13,15,18-19H2,1H3,(H,32,37). The normalized spacial score (nSPS) is 13.9. The van der Waals surface area contributed by atoms with E-state index in [2.05, 4.69) is 32.7 Å². The molecule has 0 saturated carbocycles. The molecular weight excluding hydrogens is 494 g/mol. The highest BCUT2D eigenvalue weighted by Gasteiger charge is 2.19. The van der Waals surface area contributed by atoms with Gasteiger partial charge in [-0.1, -0.05) is 30.3 Å². The van der Waals surface area contributed by atoms with Crippen molar-refractivity contribution in [3.63, 3.8) is 0 Å². The predicted octanol–water partition coefficient (Wildman–Crippen LogP) is 3.18. The Kier molecular flexibility index (Phi) is 8.64. The lowest BCUT2D eigenvalue weighted by atomic mass is 10.1. The molecule has 5 rings (SSSR count). The second-order valence-corrected chi connectivity index (χ2v) is 9.37. The van der Waals surface area contributed by atoms with Crippen molar-refractivity contribution in [2.24, 2.45) is 0 Å². The molecule has 2 aliphatic heterocycles. The van der Waals surface area contributed by atoms with Crippen molar-refractivity contribution in [2.75, 3.05) is 37.7 Å². The SMILES string of the molecule is Cc1cc(N(CCCNCc2ccccc2)CC(=O)NCCC2=COC3=CCOC3=C2)nc(-n2ccnc2)n1. The number of nitrogens with zero attached hydrogens (tertiary/aromatic N) is 5. The predicted molar refractivity (Wildman–Crippen MR) is 148 cm³/mol. The number of ether oxygens (including phenoxy) is 2. The van der Waals surface area contributed by atoms with E-state index in [4.69, 9.17) is 14.5 Å². The summed E-state index contributed by atoms with van der Waals surface area (Å²) in [6.45, 7) is 5.41. The zero-order valence-electron chi connectivity index (χ0n) is 22.0. The van der Waals surface area contributed by atoms with Crippen molar-refractivity contribution in [1.82, 2.24) is 30.2 Å². The maximum Gasteiger partial charge on any atom is 0.239 e. The zero-order chi connectivity index (χ0) is 26.9. The summed E-state index contributed by atoms with van der Waals surface area (Å²) < 4.78 is 12.9. The molecule has 10 heteroatoms. The van der Waals surface area contributed by atoms with Gasteiger partial charge in [0, 0.05) is 43.8 Å². The lowest BCUT2D eigenvalue weighted by Crippen LogP contribution is -2.39. The number of nitrogens with one attached hydrogen (secondary N) is 2. The first-order valence-corrected chi connectivity index (χ1v) is 13.1. The lowest BCUT2D eigenvalue weighted by molar-refractivity contribution is -0.119. The Morgan fingerprint density at radius 3 is 2.90 bits per heavy atom. The quantitative estimate of drug-likeness (QED) is 0.327. The number of hydrogen-bond acceptors (Lipinski definition) is 8. The zero-order valence-corrected chi connectivity index (χ0v) is 22.0. The molecule has 0 atom stereocenters. The molecule has 2 N–H and O–H groups in total. The highest BCUT2D eigenvalue weighted by molar-refractivity contribution is 5.81. The molecular formula is C29H33N7O3. The molecule has 3 aromatic rings. The van der Waals surface area contributed by atoms with Crippen molar-refractivity contribution in [3.05, 3.63) is 102 Å². The summed E-state index contributed by atoms with van der Waals surface area (Å²) in [7, 11) is 0. The van der Waals surface area contributed by atoms with Crippen LogP contribution in [-0.4, -0.2) is 58.2 Å². The van der Waals surface area contributed by atoms with Crippen molar-refractivity contribution in [2.45, 2.75) is 26.3 Å². The Morgan fingerprint density at radius 2 is 2.05 bits per heavy atom. The highest BCUT2D eigenvalue weighted by atomic mass is 16.5. The molecule has 0 fully saturated rings. The van der Waals surface area contributed by atoms with Gasteiger partial charge in [-0.25, -0.2) is 9.97 Å². The van der Waals surface area contributed by atoms with Crippen LogP contribution in [0.15, 0.2) is 90.6 Å². The van der Waals surface area contributed by atoms with Gasteiger partial charge in [0.05, 0.1) is 12.8 Å². The van der Waals surface area contributed by atoms with Crippen LogP contribution < -0.4 is 15.5 Å². The highest BCUT2D eigenvalue weighted by Crippen LogP contribution is 2.27. The van der Waals surface area contributed by atoms with Crippen molar-refractivity contribution in [1.29, 1.82) is 0 Å². The van der Waals surface area contributed by atoms with Crippen LogP contribution >= 0.6 is 0 Å². The Labute approximate surface area is 228 Å². The molecule has 2 aromatic heterocycles. The van der Waals surface area contributed by atoms with Gasteiger partial charge in [0.25, 0.3) is 0 Å². The average molecular weight is 528 g/mol. The van der Waals surface area contributed by atoms with Crippen LogP contribution in [0, 0.1) is 6.92 Å². The summed E-state index contributed by atoms with van der Waals surface area (Å²) in [6, 6.07) is 12.2. The molecule has 0 bridgehead atoms. The van der Waals surface area contributed by atoms with Gasteiger partial charge in [0.2, 0.25) is 11.9 Å². The first-order valence-electron chi connectivity index (χ1n) is 13.1. The molecule has 0 unspecified atom stereocenters. The number of fused-ring (bicyclic) bond motifs is 1. The van der Waals surface area contributed by atoms with Gasteiger partial charge in [0.15, 0.2) is 11.5 Å². The average Bonchev–Trinajstić information content (AvgIpc) is 3.65. The van der Waals surface area contributed by atoms with E-state index >= 15 is 0 Å². The van der Waals surface area contributed by atoms with Crippen LogP contribution in [0.1, 0.15) is 24.1 Å². The minimum atomic E-state index is -0.0737. The summed E-state index contributed by atoms with van der Waals surface area (Å²) in [5.41, 5.74) is 3.03. The smallest absolute Gasteiger partial charge is 0.239 e. The fourth-order valence-corrected chi connectivity index (χ4v) is 4.34. The number of aryl methyl sites for hydroxylation is 1. The van der Waals surface area contributed by atoms with Crippen LogP contribution in [0.25, 0.3) is 5.95 Å². The third-order valence-corrected chi connectivity index (χ3v) is 6.32. The second-order valence-electron chi connectivity index (χ2n) is 9.37. The van der Waals surface area contributed by atoms with E-state index < -0.39 is 0 Å². The number of hydrogen-bond donors (Lipinski definition) is 2. The Hall–Kier alpha value is -4.44. The van der Waals surface area contributed by atoms with Gasteiger partial charge < -0.3 is 25.0 Å². The molecule has 4 heterocycles. The topological polar surface area (TPSA) is 106 Å². The molecule has 0 aliphatic carbocycles. The molecule has 1 amide bonds. The number of benzene rings is 1. The second kappa shape index (κ2) is 12.9. The molecule has 0 spiro atoms. The third-order valence-electron chi connectivity index (χ3n) is 6.32. The number of amides is 1. The van der Waals surface area contributed by atoms with Crippen LogP contribution in [0.4, 0.5) is 5.82 Å². The largest absolute Gasteiger partial charge is 0.485 e. The van der Waals surface area contributed by atoms with Gasteiger partial charge in [0.1, 0.15) is 18.8 Å². The number of imidazole rings is 1. The Morgan fingerprint density at radius 1 is 1.15 bits per heavy atom. The van der Waals surface area contributed by atoms with E-state index in [0.29, 0.717) is 37.9 Å². The van der Waals surface area contributed by atoms with Crippen molar-refractivity contribution in [3.8, 4) is 5.95 Å².